The zero-order valence-electron chi connectivity index (χ0n) is 12.4. The van der Waals surface area contributed by atoms with Gasteiger partial charge in [0.2, 0.25) is 5.91 Å². The predicted octanol–water partition coefficient (Wildman–Crippen LogP) is 2.50. The lowest BCUT2D eigenvalue weighted by atomic mass is 9.95. The zero-order chi connectivity index (χ0) is 13.6. The Labute approximate surface area is 107 Å². The Morgan fingerprint density at radius 3 is 1.88 bits per heavy atom. The summed E-state index contributed by atoms with van der Waals surface area (Å²) in [5, 5.41) is 0. The van der Waals surface area contributed by atoms with Crippen molar-refractivity contribution in [2.24, 2.45) is 23.5 Å². The first-order valence-electron chi connectivity index (χ1n) is 6.76. The average Bonchev–Trinajstić information content (AvgIpc) is 2.22. The van der Waals surface area contributed by atoms with Crippen LogP contribution in [0, 0.1) is 17.8 Å². The van der Waals surface area contributed by atoms with Gasteiger partial charge < -0.3 is 10.6 Å². The molecule has 0 heterocycles. The number of carbonyl (C=O) groups excluding carboxylic acids is 1. The van der Waals surface area contributed by atoms with E-state index in [2.05, 4.69) is 34.6 Å². The number of amides is 1. The molecule has 3 heteroatoms. The first-order chi connectivity index (χ1) is 7.79. The lowest BCUT2D eigenvalue weighted by molar-refractivity contribution is -0.136. The van der Waals surface area contributed by atoms with Crippen molar-refractivity contribution >= 4 is 5.91 Å². The molecule has 0 saturated heterocycles. The van der Waals surface area contributed by atoms with Gasteiger partial charge in [0.15, 0.2) is 0 Å². The van der Waals surface area contributed by atoms with Gasteiger partial charge in [-0.15, -0.1) is 0 Å². The van der Waals surface area contributed by atoms with Crippen molar-refractivity contribution in [1.82, 2.24) is 4.90 Å². The van der Waals surface area contributed by atoms with E-state index >= 15 is 0 Å². The Morgan fingerprint density at radius 1 is 1.06 bits per heavy atom. The third-order valence-corrected chi connectivity index (χ3v) is 3.21. The predicted molar refractivity (Wildman–Crippen MR) is 73.7 cm³/mol. The van der Waals surface area contributed by atoms with Gasteiger partial charge in [0.25, 0.3) is 0 Å². The van der Waals surface area contributed by atoms with Crippen molar-refractivity contribution in [1.29, 1.82) is 0 Å². The molecule has 0 aromatic heterocycles. The number of hydrogen-bond donors (Lipinski definition) is 1. The van der Waals surface area contributed by atoms with Crippen molar-refractivity contribution in [3.8, 4) is 0 Å². The van der Waals surface area contributed by atoms with Crippen LogP contribution in [0.1, 0.15) is 47.5 Å². The molecule has 2 unspecified atom stereocenters. The van der Waals surface area contributed by atoms with Crippen LogP contribution in [-0.2, 0) is 4.79 Å². The van der Waals surface area contributed by atoms with E-state index in [0.29, 0.717) is 24.4 Å². The number of nitrogens with two attached hydrogens (primary N) is 1. The molecule has 0 aromatic carbocycles. The number of rotatable bonds is 7. The fraction of sp³-hybridized carbons (Fsp3) is 0.929. The highest BCUT2D eigenvalue weighted by Crippen LogP contribution is 2.17. The zero-order valence-corrected chi connectivity index (χ0v) is 12.4. The second-order valence-electron chi connectivity index (χ2n) is 5.99. The third kappa shape index (κ3) is 6.06. The Bertz CT molecular complexity index is 226. The summed E-state index contributed by atoms with van der Waals surface area (Å²) in [7, 11) is 1.90. The third-order valence-electron chi connectivity index (χ3n) is 3.21. The molecule has 0 rings (SSSR count). The van der Waals surface area contributed by atoms with Crippen LogP contribution in [0.5, 0.6) is 0 Å². The van der Waals surface area contributed by atoms with Crippen LogP contribution in [0.2, 0.25) is 0 Å². The van der Waals surface area contributed by atoms with Crippen LogP contribution in [0.4, 0.5) is 0 Å². The van der Waals surface area contributed by atoms with Crippen molar-refractivity contribution < 1.29 is 4.79 Å². The van der Waals surface area contributed by atoms with Crippen molar-refractivity contribution in [3.05, 3.63) is 0 Å². The van der Waals surface area contributed by atoms with E-state index in [4.69, 9.17) is 5.73 Å². The summed E-state index contributed by atoms with van der Waals surface area (Å²) in [5.41, 5.74) is 5.71. The van der Waals surface area contributed by atoms with Gasteiger partial charge >= 0.3 is 0 Å². The molecule has 0 aromatic rings. The highest BCUT2D eigenvalue weighted by atomic mass is 16.2. The van der Waals surface area contributed by atoms with Crippen LogP contribution in [0.25, 0.3) is 0 Å². The van der Waals surface area contributed by atoms with Crippen LogP contribution >= 0.6 is 0 Å². The van der Waals surface area contributed by atoms with Gasteiger partial charge in [-0.3, -0.25) is 4.79 Å². The summed E-state index contributed by atoms with van der Waals surface area (Å²) in [4.78, 5) is 14.2. The van der Waals surface area contributed by atoms with Gasteiger partial charge in [-0.05, 0) is 31.6 Å². The van der Waals surface area contributed by atoms with E-state index in [-0.39, 0.29) is 11.8 Å². The van der Waals surface area contributed by atoms with Crippen LogP contribution < -0.4 is 5.73 Å². The van der Waals surface area contributed by atoms with Gasteiger partial charge in [0, 0.05) is 19.6 Å². The summed E-state index contributed by atoms with van der Waals surface area (Å²) in [6.07, 6.45) is 1.93. The number of carbonyl (C=O) groups is 1. The fourth-order valence-corrected chi connectivity index (χ4v) is 2.21. The number of nitrogens with zero attached hydrogens (tertiary/aromatic N) is 1. The molecule has 3 nitrogen and oxygen atoms in total. The van der Waals surface area contributed by atoms with E-state index in [1.165, 1.54) is 0 Å². The highest BCUT2D eigenvalue weighted by molar-refractivity contribution is 5.79. The first-order valence-corrected chi connectivity index (χ1v) is 6.76. The minimum atomic E-state index is -0.0189. The molecule has 0 aliphatic carbocycles. The molecule has 0 aliphatic rings. The molecule has 0 fully saturated rings. The lowest BCUT2D eigenvalue weighted by Crippen LogP contribution is -2.42. The van der Waals surface area contributed by atoms with Crippen molar-refractivity contribution in [3.63, 3.8) is 0 Å². The second-order valence-corrected chi connectivity index (χ2v) is 5.99. The average molecular weight is 242 g/mol. The van der Waals surface area contributed by atoms with E-state index in [9.17, 15) is 4.79 Å². The van der Waals surface area contributed by atoms with E-state index < -0.39 is 0 Å². The lowest BCUT2D eigenvalue weighted by Gasteiger charge is -2.30. The molecule has 0 aliphatic heterocycles. The SMILES string of the molecule is CC(C)CC(CN)C(=O)N(C)C(C)CC(C)C. The Morgan fingerprint density at radius 2 is 1.53 bits per heavy atom. The maximum atomic E-state index is 12.3. The van der Waals surface area contributed by atoms with Gasteiger partial charge in [0.05, 0.1) is 5.92 Å². The summed E-state index contributed by atoms with van der Waals surface area (Å²) in [6.45, 7) is 11.2. The van der Waals surface area contributed by atoms with Gasteiger partial charge in [-0.25, -0.2) is 0 Å². The maximum absolute atomic E-state index is 12.3. The Kier molecular flexibility index (Phi) is 7.44. The molecule has 0 saturated carbocycles. The first kappa shape index (κ1) is 16.4. The standard InChI is InChI=1S/C14H30N2O/c1-10(2)7-12(5)16(6)14(17)13(9-15)8-11(3)4/h10-13H,7-9,15H2,1-6H3. The topological polar surface area (TPSA) is 46.3 Å². The van der Waals surface area contributed by atoms with Crippen LogP contribution in [0.3, 0.4) is 0 Å². The molecule has 1 amide bonds. The van der Waals surface area contributed by atoms with E-state index in [1.54, 1.807) is 0 Å². The molecule has 0 radical (unpaired) electrons. The van der Waals surface area contributed by atoms with E-state index in [0.717, 1.165) is 12.8 Å². The quantitative estimate of drug-likeness (QED) is 0.745. The van der Waals surface area contributed by atoms with Crippen LogP contribution in [0.15, 0.2) is 0 Å². The second kappa shape index (κ2) is 7.70. The molecule has 2 N–H and O–H groups in total. The van der Waals surface area contributed by atoms with Crippen molar-refractivity contribution in [2.75, 3.05) is 13.6 Å². The summed E-state index contributed by atoms with van der Waals surface area (Å²) < 4.78 is 0. The summed E-state index contributed by atoms with van der Waals surface area (Å²) in [6, 6.07) is 0.295. The smallest absolute Gasteiger partial charge is 0.226 e. The molecule has 0 bridgehead atoms. The Balaban J connectivity index is 4.44. The van der Waals surface area contributed by atoms with Crippen molar-refractivity contribution in [2.45, 2.75) is 53.5 Å². The monoisotopic (exact) mass is 242 g/mol. The van der Waals surface area contributed by atoms with Gasteiger partial charge in [0.1, 0.15) is 0 Å². The van der Waals surface area contributed by atoms with Crippen LogP contribution in [-0.4, -0.2) is 30.4 Å². The normalized spacial score (nSPS) is 15.1. The molecule has 2 atom stereocenters. The van der Waals surface area contributed by atoms with Gasteiger partial charge in [-0.2, -0.15) is 0 Å². The minimum Gasteiger partial charge on any atom is -0.343 e. The number of hydrogen-bond acceptors (Lipinski definition) is 2. The largest absolute Gasteiger partial charge is 0.343 e. The maximum Gasteiger partial charge on any atom is 0.226 e. The fourth-order valence-electron chi connectivity index (χ4n) is 2.21. The minimum absolute atomic E-state index is 0.0189. The highest BCUT2D eigenvalue weighted by Gasteiger charge is 2.24. The molecule has 17 heavy (non-hydrogen) atoms. The molecular weight excluding hydrogens is 212 g/mol. The van der Waals surface area contributed by atoms with Gasteiger partial charge in [-0.1, -0.05) is 27.7 Å². The van der Waals surface area contributed by atoms with E-state index in [1.807, 2.05) is 11.9 Å². The molecular formula is C14H30N2O. The molecule has 102 valence electrons. The summed E-state index contributed by atoms with van der Waals surface area (Å²) >= 11 is 0. The molecule has 0 spiro atoms. The summed E-state index contributed by atoms with van der Waals surface area (Å²) in [5.74, 6) is 1.31. The Hall–Kier alpha value is -0.570.